The fourth-order valence-electron chi connectivity index (χ4n) is 3.87. The van der Waals surface area contributed by atoms with Crippen LogP contribution in [0.25, 0.3) is 0 Å². The van der Waals surface area contributed by atoms with Gasteiger partial charge in [-0.15, -0.1) is 6.58 Å². The summed E-state index contributed by atoms with van der Waals surface area (Å²) in [7, 11) is 3.93. The lowest BCUT2D eigenvalue weighted by Crippen LogP contribution is -2.47. The second kappa shape index (κ2) is 4.27. The zero-order valence-electron chi connectivity index (χ0n) is 12.0. The van der Waals surface area contributed by atoms with Crippen LogP contribution < -0.4 is 9.64 Å². The molecule has 0 bridgehead atoms. The van der Waals surface area contributed by atoms with Crippen LogP contribution in [-0.2, 0) is 5.41 Å². The first-order valence-corrected chi connectivity index (χ1v) is 6.88. The molecule has 2 aliphatic heterocycles. The lowest BCUT2D eigenvalue weighted by Gasteiger charge is -2.34. The van der Waals surface area contributed by atoms with Gasteiger partial charge in [0.2, 0.25) is 0 Å². The monoisotopic (exact) mass is 258 g/mol. The minimum absolute atomic E-state index is 0.196. The molecule has 2 aliphatic rings. The van der Waals surface area contributed by atoms with Crippen molar-refractivity contribution in [3.05, 3.63) is 36.4 Å². The summed E-state index contributed by atoms with van der Waals surface area (Å²) in [6, 6.07) is 6.45. The van der Waals surface area contributed by atoms with Crippen molar-refractivity contribution in [3.8, 4) is 5.75 Å². The zero-order chi connectivity index (χ0) is 13.6. The van der Waals surface area contributed by atoms with E-state index in [2.05, 4.69) is 48.5 Å². The third kappa shape index (κ3) is 1.61. The van der Waals surface area contributed by atoms with Crippen molar-refractivity contribution in [1.82, 2.24) is 4.90 Å². The minimum Gasteiger partial charge on any atom is -0.497 e. The van der Waals surface area contributed by atoms with Gasteiger partial charge in [0.15, 0.2) is 0 Å². The third-order valence-electron chi connectivity index (χ3n) is 4.76. The Morgan fingerprint density at radius 1 is 1.53 bits per heavy atom. The Morgan fingerprint density at radius 3 is 3.00 bits per heavy atom. The van der Waals surface area contributed by atoms with Gasteiger partial charge in [-0.05, 0) is 30.2 Å². The number of methoxy groups -OCH3 is 1. The van der Waals surface area contributed by atoms with Gasteiger partial charge in [0.25, 0.3) is 0 Å². The van der Waals surface area contributed by atoms with Crippen LogP contribution >= 0.6 is 0 Å². The Balaban J connectivity index is 2.06. The summed E-state index contributed by atoms with van der Waals surface area (Å²) in [5.74, 6) is 0.955. The first kappa shape index (κ1) is 12.5. The average Bonchev–Trinajstić information content (AvgIpc) is 2.85. The molecule has 1 saturated heterocycles. The number of benzene rings is 1. The standard InChI is InChI=1S/C16H22N2O/c1-5-9-18-10-8-16(2)13-11-12(19-4)6-7-14(13)17(3)15(16)18/h5-7,11,15H,1,8-10H2,2-4H3/t15-,16-/m0/s1. The second-order valence-electron chi connectivity index (χ2n) is 5.82. The van der Waals surface area contributed by atoms with Crippen molar-refractivity contribution in [2.75, 3.05) is 32.1 Å². The summed E-state index contributed by atoms with van der Waals surface area (Å²) in [6.45, 7) is 8.35. The SMILES string of the molecule is C=CCN1CC[C@@]2(C)c3cc(OC)ccc3N(C)[C@@H]12. The van der Waals surface area contributed by atoms with E-state index in [4.69, 9.17) is 4.74 Å². The van der Waals surface area contributed by atoms with Crippen LogP contribution in [0.1, 0.15) is 18.9 Å². The van der Waals surface area contributed by atoms with Gasteiger partial charge >= 0.3 is 0 Å². The molecular formula is C16H22N2O. The van der Waals surface area contributed by atoms with Gasteiger partial charge in [-0.1, -0.05) is 13.0 Å². The lowest BCUT2D eigenvalue weighted by molar-refractivity contribution is 0.245. The molecule has 1 aromatic rings. The molecule has 1 fully saturated rings. The summed E-state index contributed by atoms with van der Waals surface area (Å²) in [4.78, 5) is 4.92. The predicted molar refractivity (Wildman–Crippen MR) is 78.9 cm³/mol. The molecule has 1 aromatic carbocycles. The molecule has 102 valence electrons. The highest BCUT2D eigenvalue weighted by atomic mass is 16.5. The van der Waals surface area contributed by atoms with E-state index >= 15 is 0 Å². The third-order valence-corrected chi connectivity index (χ3v) is 4.76. The Hall–Kier alpha value is -1.48. The fraction of sp³-hybridized carbons (Fsp3) is 0.500. The van der Waals surface area contributed by atoms with Crippen LogP contribution in [-0.4, -0.2) is 38.3 Å². The molecule has 19 heavy (non-hydrogen) atoms. The summed E-state index contributed by atoms with van der Waals surface area (Å²) < 4.78 is 5.39. The maximum absolute atomic E-state index is 5.39. The Labute approximate surface area is 115 Å². The summed E-state index contributed by atoms with van der Waals surface area (Å²) >= 11 is 0. The molecule has 0 spiro atoms. The molecule has 2 heterocycles. The van der Waals surface area contributed by atoms with Crippen molar-refractivity contribution in [3.63, 3.8) is 0 Å². The Morgan fingerprint density at radius 2 is 2.32 bits per heavy atom. The van der Waals surface area contributed by atoms with Gasteiger partial charge in [-0.25, -0.2) is 0 Å². The number of ether oxygens (including phenoxy) is 1. The Kier molecular flexibility index (Phi) is 2.82. The second-order valence-corrected chi connectivity index (χ2v) is 5.82. The molecule has 0 radical (unpaired) electrons. The minimum atomic E-state index is 0.196. The Bertz CT molecular complexity index is 513. The highest BCUT2D eigenvalue weighted by Crippen LogP contribution is 2.52. The van der Waals surface area contributed by atoms with Crippen LogP contribution in [0.2, 0.25) is 0 Å². The molecule has 2 atom stereocenters. The molecule has 0 aliphatic carbocycles. The number of rotatable bonds is 3. The van der Waals surface area contributed by atoms with Crippen LogP contribution in [0.4, 0.5) is 5.69 Å². The van der Waals surface area contributed by atoms with Crippen LogP contribution in [0.3, 0.4) is 0 Å². The number of fused-ring (bicyclic) bond motifs is 3. The predicted octanol–water partition coefficient (Wildman–Crippen LogP) is 2.62. The van der Waals surface area contributed by atoms with Gasteiger partial charge < -0.3 is 9.64 Å². The number of hydrogen-bond donors (Lipinski definition) is 0. The van der Waals surface area contributed by atoms with E-state index in [1.807, 2.05) is 6.08 Å². The van der Waals surface area contributed by atoms with Gasteiger partial charge in [0.1, 0.15) is 5.75 Å². The van der Waals surface area contributed by atoms with Crippen molar-refractivity contribution in [2.45, 2.75) is 24.9 Å². The quantitative estimate of drug-likeness (QED) is 0.775. The number of nitrogens with zero attached hydrogens (tertiary/aromatic N) is 2. The van der Waals surface area contributed by atoms with E-state index in [0.717, 1.165) is 18.8 Å². The van der Waals surface area contributed by atoms with Gasteiger partial charge in [0, 0.05) is 31.2 Å². The van der Waals surface area contributed by atoms with Crippen LogP contribution in [0.15, 0.2) is 30.9 Å². The van der Waals surface area contributed by atoms with E-state index in [9.17, 15) is 0 Å². The first-order valence-electron chi connectivity index (χ1n) is 6.88. The molecule has 3 heteroatoms. The molecule has 0 aromatic heterocycles. The highest BCUT2D eigenvalue weighted by Gasteiger charge is 2.52. The van der Waals surface area contributed by atoms with E-state index in [-0.39, 0.29) is 5.41 Å². The number of anilines is 1. The molecule has 3 rings (SSSR count). The maximum Gasteiger partial charge on any atom is 0.119 e. The zero-order valence-corrected chi connectivity index (χ0v) is 12.0. The first-order chi connectivity index (χ1) is 9.11. The topological polar surface area (TPSA) is 15.7 Å². The smallest absolute Gasteiger partial charge is 0.119 e. The van der Waals surface area contributed by atoms with E-state index < -0.39 is 0 Å². The van der Waals surface area contributed by atoms with E-state index in [0.29, 0.717) is 6.17 Å². The molecule has 0 amide bonds. The maximum atomic E-state index is 5.39. The van der Waals surface area contributed by atoms with Crippen LogP contribution in [0.5, 0.6) is 5.75 Å². The molecule has 0 saturated carbocycles. The molecule has 3 nitrogen and oxygen atoms in total. The molecular weight excluding hydrogens is 236 g/mol. The van der Waals surface area contributed by atoms with Gasteiger partial charge in [0.05, 0.1) is 13.3 Å². The normalized spacial score (nSPS) is 29.2. The number of hydrogen-bond acceptors (Lipinski definition) is 3. The summed E-state index contributed by atoms with van der Waals surface area (Å²) in [6.07, 6.45) is 3.63. The molecule has 0 unspecified atom stereocenters. The van der Waals surface area contributed by atoms with Crippen molar-refractivity contribution >= 4 is 5.69 Å². The number of likely N-dealkylation sites (N-methyl/N-ethyl adjacent to an activating group) is 1. The largest absolute Gasteiger partial charge is 0.497 e. The highest BCUT2D eigenvalue weighted by molar-refractivity contribution is 5.66. The molecule has 0 N–H and O–H groups in total. The van der Waals surface area contributed by atoms with E-state index in [1.54, 1.807) is 7.11 Å². The van der Waals surface area contributed by atoms with E-state index in [1.165, 1.54) is 17.7 Å². The lowest BCUT2D eigenvalue weighted by atomic mass is 9.81. The van der Waals surface area contributed by atoms with Gasteiger partial charge in [-0.3, -0.25) is 4.90 Å². The summed E-state index contributed by atoms with van der Waals surface area (Å²) in [5.41, 5.74) is 2.95. The van der Waals surface area contributed by atoms with Gasteiger partial charge in [-0.2, -0.15) is 0 Å². The fourth-order valence-corrected chi connectivity index (χ4v) is 3.87. The van der Waals surface area contributed by atoms with Crippen molar-refractivity contribution < 1.29 is 4.74 Å². The average molecular weight is 258 g/mol. The number of likely N-dealkylation sites (tertiary alicyclic amines) is 1. The van der Waals surface area contributed by atoms with Crippen molar-refractivity contribution in [2.24, 2.45) is 0 Å². The van der Waals surface area contributed by atoms with Crippen molar-refractivity contribution in [1.29, 1.82) is 0 Å². The summed E-state index contributed by atoms with van der Waals surface area (Å²) in [5, 5.41) is 0. The van der Waals surface area contributed by atoms with Crippen LogP contribution in [0, 0.1) is 0 Å².